The van der Waals surface area contributed by atoms with Gasteiger partial charge in [0.05, 0.1) is 0 Å². The topological polar surface area (TPSA) is 0 Å². The quantitative estimate of drug-likeness (QED) is 0.107. The fraction of sp³-hybridized carbons (Fsp3) is 0.533. The van der Waals surface area contributed by atoms with E-state index in [1.165, 1.54) is 89.9 Å². The van der Waals surface area contributed by atoms with Crippen molar-refractivity contribution < 1.29 is 0 Å². The zero-order valence-corrected chi connectivity index (χ0v) is 23.6. The van der Waals surface area contributed by atoms with Gasteiger partial charge in [-0.2, -0.15) is 0 Å². The van der Waals surface area contributed by atoms with Crippen LogP contribution in [0.25, 0.3) is 27.8 Å². The Bertz CT molecular complexity index is 1020. The summed E-state index contributed by atoms with van der Waals surface area (Å²) in [7, 11) is 0. The molecule has 0 nitrogen and oxygen atoms in total. The van der Waals surface area contributed by atoms with Crippen LogP contribution in [0, 0.1) is 0 Å². The number of aryl methyl sites for hydroxylation is 2. The van der Waals surface area contributed by atoms with E-state index in [4.69, 9.17) is 0 Å². The molecular weight excluding hydrogens is 518 g/mol. The van der Waals surface area contributed by atoms with Crippen molar-refractivity contribution in [2.45, 2.75) is 104 Å². The van der Waals surface area contributed by atoms with Gasteiger partial charge in [-0.05, 0) is 0 Å². The van der Waals surface area contributed by atoms with E-state index in [2.05, 4.69) is 50.2 Å². The summed E-state index contributed by atoms with van der Waals surface area (Å²) in [5, 5.41) is 3.20. The van der Waals surface area contributed by atoms with Gasteiger partial charge < -0.3 is 0 Å². The molecule has 0 N–H and O–H groups in total. The molecule has 0 spiro atoms. The number of hydrogen-bond donors (Lipinski definition) is 0. The zero-order valence-electron chi connectivity index (χ0n) is 20.2. The van der Waals surface area contributed by atoms with Crippen LogP contribution in [0.1, 0.15) is 102 Å². The van der Waals surface area contributed by atoms with Crippen LogP contribution in [0.2, 0.25) is 0 Å². The molecule has 32 heavy (non-hydrogen) atoms. The molecule has 2 heteroatoms. The second kappa shape index (κ2) is 12.6. The normalized spacial score (nSPS) is 11.9. The molecule has 4 aromatic rings. The summed E-state index contributed by atoms with van der Waals surface area (Å²) in [6.45, 7) is 4.60. The van der Waals surface area contributed by atoms with Crippen LogP contribution in [0.15, 0.2) is 36.4 Å². The molecule has 2 aromatic carbocycles. The second-order valence-corrected chi connectivity index (χ2v) is 14.0. The summed E-state index contributed by atoms with van der Waals surface area (Å²) in [6, 6.07) is 14.9. The van der Waals surface area contributed by atoms with Crippen LogP contribution in [0.5, 0.6) is 0 Å². The maximum atomic E-state index is 2.56. The first-order valence-electron chi connectivity index (χ1n) is 13.2. The molecule has 0 saturated heterocycles. The van der Waals surface area contributed by atoms with E-state index < -0.39 is 0 Å². The Morgan fingerprint density at radius 1 is 0.500 bits per heavy atom. The van der Waals surface area contributed by atoms with Crippen LogP contribution in [-0.4, -0.2) is 29.0 Å². The first-order chi connectivity index (χ1) is 15.8. The van der Waals surface area contributed by atoms with E-state index in [0.717, 1.165) is 0 Å². The summed E-state index contributed by atoms with van der Waals surface area (Å²) < 4.78 is 6.75. The van der Waals surface area contributed by atoms with Gasteiger partial charge >= 0.3 is 208 Å². The van der Waals surface area contributed by atoms with Gasteiger partial charge in [-0.3, -0.25) is 0 Å². The third-order valence-electron chi connectivity index (χ3n) is 6.85. The average Bonchev–Trinajstić information content (AvgIpc) is 3.33. The maximum absolute atomic E-state index is 2.56. The molecule has 172 valence electrons. The molecular formula is C30H40Se2. The Morgan fingerprint density at radius 2 is 0.906 bits per heavy atom. The van der Waals surface area contributed by atoms with E-state index in [1.54, 1.807) is 38.9 Å². The molecule has 0 saturated carbocycles. The first kappa shape index (κ1) is 24.3. The predicted molar refractivity (Wildman–Crippen MR) is 147 cm³/mol. The molecule has 0 aliphatic carbocycles. The van der Waals surface area contributed by atoms with Crippen molar-refractivity contribution in [2.75, 3.05) is 0 Å². The Labute approximate surface area is 207 Å². The van der Waals surface area contributed by atoms with E-state index in [0.29, 0.717) is 29.0 Å². The zero-order chi connectivity index (χ0) is 22.2. The van der Waals surface area contributed by atoms with Gasteiger partial charge in [0, 0.05) is 0 Å². The van der Waals surface area contributed by atoms with Gasteiger partial charge in [-0.1, -0.05) is 0 Å². The minimum atomic E-state index is 0.510. The molecule has 0 fully saturated rings. The van der Waals surface area contributed by atoms with E-state index in [1.807, 2.05) is 0 Å². The molecule has 0 bridgehead atoms. The Morgan fingerprint density at radius 3 is 1.34 bits per heavy atom. The molecule has 0 radical (unpaired) electrons. The third kappa shape index (κ3) is 6.21. The number of fused-ring (bicyclic) bond motifs is 5. The van der Waals surface area contributed by atoms with E-state index >= 15 is 0 Å². The second-order valence-electron chi connectivity index (χ2n) is 9.56. The fourth-order valence-electron chi connectivity index (χ4n) is 4.87. The van der Waals surface area contributed by atoms with Crippen molar-refractivity contribution >= 4 is 56.8 Å². The van der Waals surface area contributed by atoms with Crippen molar-refractivity contribution in [3.8, 4) is 0 Å². The summed E-state index contributed by atoms with van der Waals surface area (Å²) in [5.74, 6) is 0. The van der Waals surface area contributed by atoms with Crippen LogP contribution in [0.3, 0.4) is 0 Å². The van der Waals surface area contributed by atoms with Crippen LogP contribution >= 0.6 is 0 Å². The number of hydrogen-bond acceptors (Lipinski definition) is 0. The van der Waals surface area contributed by atoms with Gasteiger partial charge in [-0.15, -0.1) is 0 Å². The first-order valence-corrected chi connectivity index (χ1v) is 16.6. The number of unbranched alkanes of at least 4 members (excludes halogenated alkanes) is 10. The van der Waals surface area contributed by atoms with Crippen LogP contribution < -0.4 is 0 Å². The summed E-state index contributed by atoms with van der Waals surface area (Å²) >= 11 is 1.02. The molecule has 0 atom stereocenters. The van der Waals surface area contributed by atoms with Crippen molar-refractivity contribution in [1.82, 2.24) is 0 Å². The standard InChI is InChI=1S/C30H40Se2/c1-3-5-7-9-11-13-15-23-17-19-25-27(21-23)31-30-26-20-18-24(22-28(26)32-29(25)30)16-14-12-10-8-6-4-2/h17-22H,3-16H2,1-2H3. The molecule has 2 heterocycles. The molecule has 4 rings (SSSR count). The molecule has 0 amide bonds. The molecule has 0 aliphatic rings. The van der Waals surface area contributed by atoms with Gasteiger partial charge in [0.15, 0.2) is 0 Å². The van der Waals surface area contributed by atoms with Gasteiger partial charge in [-0.25, -0.2) is 0 Å². The Balaban J connectivity index is 1.40. The predicted octanol–water partition coefficient (Wildman–Crippen LogP) is 9.07. The summed E-state index contributed by atoms with van der Waals surface area (Å²) in [6.07, 6.45) is 19.2. The Kier molecular flexibility index (Phi) is 9.60. The van der Waals surface area contributed by atoms with E-state index in [9.17, 15) is 0 Å². The number of benzene rings is 2. The van der Waals surface area contributed by atoms with Gasteiger partial charge in [0.2, 0.25) is 0 Å². The minimum absolute atomic E-state index is 0.510. The van der Waals surface area contributed by atoms with Crippen molar-refractivity contribution in [1.29, 1.82) is 0 Å². The molecule has 0 aliphatic heterocycles. The molecule has 0 unspecified atom stereocenters. The average molecular weight is 559 g/mol. The molecule has 2 aromatic heterocycles. The summed E-state index contributed by atoms with van der Waals surface area (Å²) in [5.41, 5.74) is 3.15. The third-order valence-corrected chi connectivity index (χ3v) is 12.5. The SMILES string of the molecule is CCCCCCCCc1ccc2c(c1)[se]c1c3ccc(CCCCCCCC)cc3[se]c21. The van der Waals surface area contributed by atoms with Crippen molar-refractivity contribution in [3.63, 3.8) is 0 Å². The van der Waals surface area contributed by atoms with Gasteiger partial charge in [0.1, 0.15) is 0 Å². The van der Waals surface area contributed by atoms with Crippen LogP contribution in [0.4, 0.5) is 0 Å². The van der Waals surface area contributed by atoms with Crippen molar-refractivity contribution in [2.24, 2.45) is 0 Å². The Hall–Kier alpha value is -0.781. The number of rotatable bonds is 14. The summed E-state index contributed by atoms with van der Waals surface area (Å²) in [4.78, 5) is 0. The van der Waals surface area contributed by atoms with E-state index in [-0.39, 0.29) is 0 Å². The fourth-order valence-corrected chi connectivity index (χ4v) is 11.5. The monoisotopic (exact) mass is 560 g/mol. The van der Waals surface area contributed by atoms with Crippen LogP contribution in [-0.2, 0) is 12.8 Å². The van der Waals surface area contributed by atoms with Gasteiger partial charge in [0.25, 0.3) is 0 Å². The van der Waals surface area contributed by atoms with Crippen molar-refractivity contribution in [3.05, 3.63) is 47.5 Å².